The Bertz CT molecular complexity index is 494. The van der Waals surface area contributed by atoms with E-state index >= 15 is 0 Å². The molecule has 0 spiro atoms. The summed E-state index contributed by atoms with van der Waals surface area (Å²) in [5.41, 5.74) is 16.9. The molecule has 1 rings (SSSR count). The minimum Gasteiger partial charge on any atom is -0.398 e. The number of allylic oxidation sites excluding steroid dienone is 2. The Morgan fingerprint density at radius 1 is 1.26 bits per heavy atom. The van der Waals surface area contributed by atoms with E-state index in [0.717, 1.165) is 5.56 Å². The van der Waals surface area contributed by atoms with Crippen LogP contribution in [0.2, 0.25) is 0 Å². The Morgan fingerprint density at radius 3 is 2.79 bits per heavy atom. The van der Waals surface area contributed by atoms with E-state index in [0.29, 0.717) is 23.6 Å². The first-order valence-electron chi connectivity index (χ1n) is 5.78. The van der Waals surface area contributed by atoms with Crippen LogP contribution in [-0.2, 0) is 4.84 Å². The van der Waals surface area contributed by atoms with Gasteiger partial charge in [-0.15, -0.1) is 0 Å². The molecule has 102 valence electrons. The Hall–Kier alpha value is -2.34. The fourth-order valence-electron chi connectivity index (χ4n) is 1.28. The van der Waals surface area contributed by atoms with Crippen LogP contribution in [-0.4, -0.2) is 13.7 Å². The molecule has 0 saturated heterocycles. The van der Waals surface area contributed by atoms with Gasteiger partial charge in [0.15, 0.2) is 0 Å². The van der Waals surface area contributed by atoms with Gasteiger partial charge < -0.3 is 11.5 Å². The first kappa shape index (κ1) is 14.7. The zero-order valence-corrected chi connectivity index (χ0v) is 11.1. The molecule has 0 aliphatic heterocycles. The largest absolute Gasteiger partial charge is 0.398 e. The number of benzene rings is 1. The Labute approximate surface area is 112 Å². The predicted molar refractivity (Wildman–Crippen MR) is 77.8 cm³/mol. The minimum atomic E-state index is 0.472. The van der Waals surface area contributed by atoms with Crippen molar-refractivity contribution in [2.75, 3.05) is 25.1 Å². The third-order valence-corrected chi connectivity index (χ3v) is 2.31. The van der Waals surface area contributed by atoms with E-state index in [1.807, 2.05) is 25.1 Å². The highest BCUT2D eigenvalue weighted by molar-refractivity contribution is 5.70. The van der Waals surface area contributed by atoms with Crippen LogP contribution in [0.15, 0.2) is 46.8 Å². The van der Waals surface area contributed by atoms with Gasteiger partial charge in [0.1, 0.15) is 5.69 Å². The fraction of sp³-hybridized carbons (Fsp3) is 0.231. The van der Waals surface area contributed by atoms with Crippen LogP contribution in [0.1, 0.15) is 5.56 Å². The third kappa shape index (κ3) is 5.22. The van der Waals surface area contributed by atoms with Crippen molar-refractivity contribution in [2.45, 2.75) is 6.92 Å². The maximum absolute atomic E-state index is 5.80. The molecule has 0 aliphatic carbocycles. The van der Waals surface area contributed by atoms with Gasteiger partial charge in [0.05, 0.1) is 19.3 Å². The van der Waals surface area contributed by atoms with Crippen molar-refractivity contribution in [1.82, 2.24) is 5.48 Å². The lowest BCUT2D eigenvalue weighted by Crippen LogP contribution is -1.99. The SMILES string of the molecule is CON/C=C\C=C/CN=Nc1cc(C)c(N)cc1N. The van der Waals surface area contributed by atoms with Gasteiger partial charge in [-0.2, -0.15) is 10.2 Å². The van der Waals surface area contributed by atoms with E-state index in [4.69, 9.17) is 11.5 Å². The number of azo groups is 1. The number of hydroxylamine groups is 1. The summed E-state index contributed by atoms with van der Waals surface area (Å²) >= 11 is 0. The molecular formula is C13H19N5O. The van der Waals surface area contributed by atoms with Gasteiger partial charge in [0.2, 0.25) is 0 Å². The molecule has 5 N–H and O–H groups in total. The first-order valence-corrected chi connectivity index (χ1v) is 5.78. The molecule has 0 aliphatic rings. The van der Waals surface area contributed by atoms with Gasteiger partial charge >= 0.3 is 0 Å². The molecule has 0 bridgehead atoms. The van der Waals surface area contributed by atoms with Gasteiger partial charge in [0, 0.05) is 11.9 Å². The summed E-state index contributed by atoms with van der Waals surface area (Å²) in [5, 5.41) is 8.09. The highest BCUT2D eigenvalue weighted by Gasteiger charge is 2.01. The molecule has 0 atom stereocenters. The summed E-state index contributed by atoms with van der Waals surface area (Å²) in [5.74, 6) is 0. The first-order chi connectivity index (χ1) is 9.15. The number of aryl methyl sites for hydroxylation is 1. The summed E-state index contributed by atoms with van der Waals surface area (Å²) in [6.07, 6.45) is 7.15. The summed E-state index contributed by atoms with van der Waals surface area (Å²) < 4.78 is 0. The molecule has 6 heteroatoms. The minimum absolute atomic E-state index is 0.472. The number of nitrogen functional groups attached to an aromatic ring is 2. The number of rotatable bonds is 6. The molecule has 6 nitrogen and oxygen atoms in total. The van der Waals surface area contributed by atoms with E-state index in [9.17, 15) is 0 Å². The second-order valence-electron chi connectivity index (χ2n) is 3.80. The van der Waals surface area contributed by atoms with Crippen molar-refractivity contribution in [1.29, 1.82) is 0 Å². The number of hydrogen-bond donors (Lipinski definition) is 3. The number of nitrogens with two attached hydrogens (primary N) is 2. The third-order valence-electron chi connectivity index (χ3n) is 2.31. The van der Waals surface area contributed by atoms with Gasteiger partial charge in [-0.1, -0.05) is 12.2 Å². The van der Waals surface area contributed by atoms with Crippen molar-refractivity contribution < 1.29 is 4.84 Å². The number of nitrogens with one attached hydrogen (secondary N) is 1. The average Bonchev–Trinajstić information content (AvgIpc) is 2.38. The second-order valence-corrected chi connectivity index (χ2v) is 3.80. The molecule has 19 heavy (non-hydrogen) atoms. The van der Waals surface area contributed by atoms with Crippen molar-refractivity contribution in [3.8, 4) is 0 Å². The van der Waals surface area contributed by atoms with Crippen molar-refractivity contribution in [3.05, 3.63) is 42.1 Å². The van der Waals surface area contributed by atoms with Crippen molar-refractivity contribution in [3.63, 3.8) is 0 Å². The molecule has 0 heterocycles. The van der Waals surface area contributed by atoms with Crippen LogP contribution < -0.4 is 16.9 Å². The molecular weight excluding hydrogens is 242 g/mol. The molecule has 0 radical (unpaired) electrons. The number of nitrogens with zero attached hydrogens (tertiary/aromatic N) is 2. The highest BCUT2D eigenvalue weighted by Crippen LogP contribution is 2.27. The number of hydrogen-bond acceptors (Lipinski definition) is 6. The fourth-order valence-corrected chi connectivity index (χ4v) is 1.28. The lowest BCUT2D eigenvalue weighted by atomic mass is 10.1. The summed E-state index contributed by atoms with van der Waals surface area (Å²) in [6.45, 7) is 2.38. The molecule has 1 aromatic carbocycles. The topological polar surface area (TPSA) is 98.0 Å². The molecule has 0 amide bonds. The second kappa shape index (κ2) is 7.88. The normalized spacial score (nSPS) is 11.9. The van der Waals surface area contributed by atoms with Crippen LogP contribution in [0.3, 0.4) is 0 Å². The Balaban J connectivity index is 2.51. The molecule has 0 fully saturated rings. The maximum atomic E-state index is 5.80. The quantitative estimate of drug-likeness (QED) is 0.317. The van der Waals surface area contributed by atoms with E-state index in [2.05, 4.69) is 20.5 Å². The monoisotopic (exact) mass is 261 g/mol. The van der Waals surface area contributed by atoms with Crippen LogP contribution in [0.4, 0.5) is 17.1 Å². The van der Waals surface area contributed by atoms with Gasteiger partial charge in [0.25, 0.3) is 0 Å². The van der Waals surface area contributed by atoms with Gasteiger partial charge in [-0.3, -0.25) is 10.3 Å². The van der Waals surface area contributed by atoms with E-state index in [-0.39, 0.29) is 0 Å². The molecule has 0 aromatic heterocycles. The summed E-state index contributed by atoms with van der Waals surface area (Å²) in [7, 11) is 1.54. The zero-order chi connectivity index (χ0) is 14.1. The van der Waals surface area contributed by atoms with Crippen LogP contribution >= 0.6 is 0 Å². The average molecular weight is 261 g/mol. The van der Waals surface area contributed by atoms with Crippen molar-refractivity contribution >= 4 is 17.1 Å². The lowest BCUT2D eigenvalue weighted by Gasteiger charge is -2.03. The molecule has 0 saturated carbocycles. The predicted octanol–water partition coefficient (Wildman–Crippen LogP) is 2.46. The smallest absolute Gasteiger partial charge is 0.109 e. The van der Waals surface area contributed by atoms with E-state index in [1.54, 1.807) is 25.5 Å². The zero-order valence-electron chi connectivity index (χ0n) is 11.1. The molecule has 0 unspecified atom stereocenters. The van der Waals surface area contributed by atoms with E-state index in [1.165, 1.54) is 0 Å². The Morgan fingerprint density at radius 2 is 2.05 bits per heavy atom. The standard InChI is InChI=1S/C13H19N5O/c1-10-8-13(12(15)9-11(10)14)18-16-6-4-3-5-7-17-19-2/h3-5,7-9,17H,6,14-15H2,1-2H3/b4-3-,7-5-,18-16?. The van der Waals surface area contributed by atoms with Gasteiger partial charge in [-0.05, 0) is 30.7 Å². The summed E-state index contributed by atoms with van der Waals surface area (Å²) in [6, 6.07) is 3.51. The molecule has 1 aromatic rings. The number of anilines is 2. The van der Waals surface area contributed by atoms with Crippen LogP contribution in [0, 0.1) is 6.92 Å². The van der Waals surface area contributed by atoms with Crippen LogP contribution in [0.25, 0.3) is 0 Å². The van der Waals surface area contributed by atoms with E-state index < -0.39 is 0 Å². The lowest BCUT2D eigenvalue weighted by molar-refractivity contribution is 0.128. The highest BCUT2D eigenvalue weighted by atomic mass is 16.6. The summed E-state index contributed by atoms with van der Waals surface area (Å²) in [4.78, 5) is 4.62. The van der Waals surface area contributed by atoms with Gasteiger partial charge in [-0.25, -0.2) is 0 Å². The van der Waals surface area contributed by atoms with Crippen molar-refractivity contribution in [2.24, 2.45) is 10.2 Å². The van der Waals surface area contributed by atoms with Crippen LogP contribution in [0.5, 0.6) is 0 Å². The Kier molecular flexibility index (Phi) is 6.11. The maximum Gasteiger partial charge on any atom is 0.109 e.